The van der Waals surface area contributed by atoms with Gasteiger partial charge in [-0.1, -0.05) is 0 Å². The number of rotatable bonds is 3. The first-order chi connectivity index (χ1) is 9.61. The molecule has 8 heteroatoms. The lowest BCUT2D eigenvalue weighted by molar-refractivity contribution is -0.232. The molecule has 2 amide bonds. The first-order valence-electron chi connectivity index (χ1n) is 6.97. The molecule has 2 bridgehead atoms. The van der Waals surface area contributed by atoms with Gasteiger partial charge in [0.2, 0.25) is 5.91 Å². The third kappa shape index (κ3) is 2.39. The number of ether oxygens (including phenoxy) is 1. The van der Waals surface area contributed by atoms with E-state index < -0.39 is 12.4 Å². The van der Waals surface area contributed by atoms with Crippen LogP contribution < -0.4 is 10.9 Å². The summed E-state index contributed by atoms with van der Waals surface area (Å²) in [5.74, 6) is -0.326. The molecule has 2 aliphatic heterocycles. The fraction of sp³-hybridized carbons (Fsp3) is 0.833. The van der Waals surface area contributed by atoms with E-state index in [-0.39, 0.29) is 23.8 Å². The van der Waals surface area contributed by atoms with Crippen molar-refractivity contribution in [2.75, 3.05) is 13.7 Å². The largest absolute Gasteiger partial charge is 0.351 e. The average Bonchev–Trinajstić information content (AvgIpc) is 3.26. The molecule has 3 rings (SSSR count). The molecule has 0 radical (unpaired) electrons. The number of hydrogen-bond donors (Lipinski definition) is 3. The Morgan fingerprint density at radius 1 is 1.15 bits per heavy atom. The molecule has 8 nitrogen and oxygen atoms in total. The summed E-state index contributed by atoms with van der Waals surface area (Å²) in [5, 5.41) is 11.1. The van der Waals surface area contributed by atoms with E-state index in [4.69, 9.17) is 4.74 Å². The van der Waals surface area contributed by atoms with E-state index in [1.165, 1.54) is 7.11 Å². The quantitative estimate of drug-likeness (QED) is 0.576. The maximum absolute atomic E-state index is 12.2. The topological polar surface area (TPSA) is 94.1 Å². The predicted octanol–water partition coefficient (Wildman–Crippen LogP) is -0.988. The summed E-state index contributed by atoms with van der Waals surface area (Å²) in [6, 6.07) is -0.391. The van der Waals surface area contributed by atoms with Gasteiger partial charge < -0.3 is 9.94 Å². The van der Waals surface area contributed by atoms with Gasteiger partial charge in [-0.05, 0) is 25.7 Å². The fourth-order valence-corrected chi connectivity index (χ4v) is 2.95. The monoisotopic (exact) mass is 284 g/mol. The minimum absolute atomic E-state index is 0.00468. The van der Waals surface area contributed by atoms with E-state index >= 15 is 0 Å². The minimum atomic E-state index is -0.600. The highest BCUT2D eigenvalue weighted by Crippen LogP contribution is 2.32. The summed E-state index contributed by atoms with van der Waals surface area (Å²) in [6.07, 6.45) is 2.54. The molecule has 0 aromatic carbocycles. The van der Waals surface area contributed by atoms with E-state index in [0.29, 0.717) is 13.0 Å². The van der Waals surface area contributed by atoms with Crippen LogP contribution in [0.2, 0.25) is 0 Å². The Balaban J connectivity index is 1.58. The van der Waals surface area contributed by atoms with Crippen molar-refractivity contribution < 1.29 is 19.5 Å². The molecule has 20 heavy (non-hydrogen) atoms. The van der Waals surface area contributed by atoms with Gasteiger partial charge in [-0.15, -0.1) is 5.06 Å². The van der Waals surface area contributed by atoms with Crippen LogP contribution >= 0.6 is 0 Å². The molecule has 4 unspecified atom stereocenters. The molecular formula is C12H20N4O4. The summed E-state index contributed by atoms with van der Waals surface area (Å²) >= 11 is 0. The molecule has 0 aromatic heterocycles. The number of amides is 2. The lowest BCUT2D eigenvalue weighted by atomic mass is 10.0. The Hall–Kier alpha value is -1.22. The highest BCUT2D eigenvalue weighted by atomic mass is 16.6. The Morgan fingerprint density at radius 2 is 1.85 bits per heavy atom. The molecule has 1 saturated carbocycles. The van der Waals surface area contributed by atoms with Crippen molar-refractivity contribution in [3.05, 3.63) is 0 Å². The lowest BCUT2D eigenvalue weighted by Crippen LogP contribution is -2.55. The van der Waals surface area contributed by atoms with Crippen LogP contribution in [0.25, 0.3) is 0 Å². The Bertz CT molecular complexity index is 414. The standard InChI is InChI=1S/C12H20N4O4/c1-20-12-15-6-8(16(12)19)4-5-9(15)11(18)14-13-10(17)7-2-3-7/h7-9,12,19H,2-6H2,1H3,(H,13,17)(H,14,18). The van der Waals surface area contributed by atoms with E-state index in [2.05, 4.69) is 10.9 Å². The Labute approximate surface area is 117 Å². The zero-order valence-corrected chi connectivity index (χ0v) is 11.4. The van der Waals surface area contributed by atoms with Crippen molar-refractivity contribution in [3.63, 3.8) is 0 Å². The number of hydroxylamine groups is 2. The van der Waals surface area contributed by atoms with Crippen molar-refractivity contribution >= 4 is 11.8 Å². The zero-order chi connectivity index (χ0) is 14.3. The first kappa shape index (κ1) is 13.7. The number of fused-ring (bicyclic) bond motifs is 2. The zero-order valence-electron chi connectivity index (χ0n) is 11.4. The number of nitrogens with zero attached hydrogens (tertiary/aromatic N) is 2. The molecule has 2 heterocycles. The van der Waals surface area contributed by atoms with E-state index in [9.17, 15) is 14.8 Å². The summed E-state index contributed by atoms with van der Waals surface area (Å²) in [6.45, 7) is 0.587. The van der Waals surface area contributed by atoms with Crippen LogP contribution in [0.4, 0.5) is 0 Å². The molecule has 3 fully saturated rings. The Morgan fingerprint density at radius 3 is 2.50 bits per heavy atom. The van der Waals surface area contributed by atoms with E-state index in [1.807, 2.05) is 4.90 Å². The third-order valence-corrected chi connectivity index (χ3v) is 4.25. The first-order valence-corrected chi connectivity index (χ1v) is 6.97. The summed E-state index contributed by atoms with van der Waals surface area (Å²) < 4.78 is 5.23. The molecule has 1 aliphatic carbocycles. The van der Waals surface area contributed by atoms with Gasteiger partial charge >= 0.3 is 0 Å². The smallest absolute Gasteiger partial charge is 0.255 e. The molecular weight excluding hydrogens is 264 g/mol. The average molecular weight is 284 g/mol. The lowest BCUT2D eigenvalue weighted by Gasteiger charge is -2.32. The van der Waals surface area contributed by atoms with Gasteiger partial charge in [0.25, 0.3) is 5.91 Å². The molecule has 0 aromatic rings. The van der Waals surface area contributed by atoms with Crippen LogP contribution in [0, 0.1) is 5.92 Å². The number of nitrogens with one attached hydrogen (secondary N) is 2. The minimum Gasteiger partial charge on any atom is -0.351 e. The predicted molar refractivity (Wildman–Crippen MR) is 66.9 cm³/mol. The number of hydrazine groups is 1. The Kier molecular flexibility index (Phi) is 3.63. The van der Waals surface area contributed by atoms with Gasteiger partial charge in [0.05, 0.1) is 12.1 Å². The highest BCUT2D eigenvalue weighted by Gasteiger charge is 2.48. The van der Waals surface area contributed by atoms with Gasteiger partial charge in [-0.2, -0.15) is 0 Å². The summed E-state index contributed by atoms with van der Waals surface area (Å²) in [7, 11) is 1.50. The van der Waals surface area contributed by atoms with Crippen molar-refractivity contribution in [2.45, 2.75) is 44.1 Å². The maximum atomic E-state index is 12.2. The number of hydrogen-bond acceptors (Lipinski definition) is 6. The van der Waals surface area contributed by atoms with Crippen molar-refractivity contribution in [3.8, 4) is 0 Å². The van der Waals surface area contributed by atoms with E-state index in [0.717, 1.165) is 24.3 Å². The van der Waals surface area contributed by atoms with Gasteiger partial charge in [0.15, 0.2) is 6.35 Å². The second kappa shape index (κ2) is 5.28. The van der Waals surface area contributed by atoms with Crippen molar-refractivity contribution in [1.29, 1.82) is 0 Å². The molecule has 4 atom stereocenters. The molecule has 112 valence electrons. The maximum Gasteiger partial charge on any atom is 0.255 e. The molecule has 2 saturated heterocycles. The van der Waals surface area contributed by atoms with Gasteiger partial charge in [0, 0.05) is 19.6 Å². The number of piperidine rings is 1. The van der Waals surface area contributed by atoms with Crippen LogP contribution in [-0.4, -0.2) is 59.1 Å². The SMILES string of the molecule is COC1N(O)C2CCC(C(=O)NNC(=O)C3CC3)N1C2. The summed E-state index contributed by atoms with van der Waals surface area (Å²) in [5.41, 5.74) is 4.94. The van der Waals surface area contributed by atoms with Crippen LogP contribution in [0.5, 0.6) is 0 Å². The van der Waals surface area contributed by atoms with E-state index in [1.54, 1.807) is 0 Å². The number of carbonyl (C=O) groups excluding carboxylic acids is 2. The number of methoxy groups -OCH3 is 1. The molecule has 0 spiro atoms. The molecule has 3 N–H and O–H groups in total. The van der Waals surface area contributed by atoms with Crippen LogP contribution in [0.1, 0.15) is 25.7 Å². The highest BCUT2D eigenvalue weighted by molar-refractivity contribution is 5.87. The normalized spacial score (nSPS) is 36.7. The fourth-order valence-electron chi connectivity index (χ4n) is 2.95. The van der Waals surface area contributed by atoms with Crippen LogP contribution in [-0.2, 0) is 14.3 Å². The second-order valence-corrected chi connectivity index (χ2v) is 5.64. The van der Waals surface area contributed by atoms with Crippen molar-refractivity contribution in [2.24, 2.45) is 5.92 Å². The van der Waals surface area contributed by atoms with Crippen LogP contribution in [0.3, 0.4) is 0 Å². The van der Waals surface area contributed by atoms with Gasteiger partial charge in [-0.3, -0.25) is 20.4 Å². The summed E-state index contributed by atoms with van der Waals surface area (Å²) in [4.78, 5) is 25.5. The second-order valence-electron chi connectivity index (χ2n) is 5.64. The molecule has 3 aliphatic rings. The van der Waals surface area contributed by atoms with Crippen LogP contribution in [0.15, 0.2) is 0 Å². The third-order valence-electron chi connectivity index (χ3n) is 4.25. The number of carbonyl (C=O) groups is 2. The van der Waals surface area contributed by atoms with Gasteiger partial charge in [0.1, 0.15) is 0 Å². The van der Waals surface area contributed by atoms with Gasteiger partial charge in [-0.25, -0.2) is 4.90 Å². The van der Waals surface area contributed by atoms with Crippen molar-refractivity contribution in [1.82, 2.24) is 20.8 Å².